The van der Waals surface area contributed by atoms with Crippen molar-refractivity contribution in [2.75, 3.05) is 7.11 Å². The molecule has 4 nitrogen and oxygen atoms in total. The summed E-state index contributed by atoms with van der Waals surface area (Å²) in [5.41, 5.74) is 1.97. The number of hydrogen-bond acceptors (Lipinski definition) is 4. The number of benzene rings is 1. The Balaban J connectivity index is 2.08. The van der Waals surface area contributed by atoms with E-state index in [4.69, 9.17) is 16.3 Å². The minimum Gasteiger partial charge on any atom is -0.497 e. The predicted octanol–water partition coefficient (Wildman–Crippen LogP) is 3.60. The van der Waals surface area contributed by atoms with Crippen molar-refractivity contribution in [1.82, 2.24) is 14.5 Å². The Kier molecular flexibility index (Phi) is 3.63. The number of halogens is 1. The molecule has 3 aromatic rings. The minimum absolute atomic E-state index is 0.384. The second kappa shape index (κ2) is 5.42. The summed E-state index contributed by atoms with van der Waals surface area (Å²) in [5.74, 6) is 2.05. The quantitative estimate of drug-likeness (QED) is 0.691. The van der Waals surface area contributed by atoms with Crippen molar-refractivity contribution in [3.8, 4) is 5.75 Å². The molecular weight excluding hydrogens is 294 g/mol. The van der Waals surface area contributed by atoms with Gasteiger partial charge in [0, 0.05) is 17.1 Å². The normalized spacial score (nSPS) is 11.2. The molecule has 0 N–H and O–H groups in total. The zero-order chi connectivity index (χ0) is 14.1. The molecule has 0 spiro atoms. The third kappa shape index (κ3) is 2.39. The topological polar surface area (TPSA) is 39.9 Å². The van der Waals surface area contributed by atoms with Crippen molar-refractivity contribution >= 4 is 34.0 Å². The van der Waals surface area contributed by atoms with Crippen molar-refractivity contribution in [2.24, 2.45) is 0 Å². The van der Waals surface area contributed by atoms with E-state index < -0.39 is 0 Å². The highest BCUT2D eigenvalue weighted by Crippen LogP contribution is 2.24. The zero-order valence-corrected chi connectivity index (χ0v) is 12.8. The van der Waals surface area contributed by atoms with Gasteiger partial charge in [-0.1, -0.05) is 0 Å². The number of methoxy groups -OCH3 is 1. The SMILES string of the molecule is COc1ccc2c(c1)nc(CCl)n2Cc1cnc(C)s1. The highest BCUT2D eigenvalue weighted by Gasteiger charge is 2.12. The molecule has 2 heterocycles. The molecular formula is C14H14ClN3OS. The number of fused-ring (bicyclic) bond motifs is 1. The Labute approximate surface area is 126 Å². The average molecular weight is 308 g/mol. The molecule has 6 heteroatoms. The second-order valence-electron chi connectivity index (χ2n) is 4.45. The van der Waals surface area contributed by atoms with E-state index in [0.717, 1.165) is 34.2 Å². The van der Waals surface area contributed by atoms with Crippen LogP contribution in [0.5, 0.6) is 5.75 Å². The molecule has 104 valence electrons. The van der Waals surface area contributed by atoms with E-state index in [1.165, 1.54) is 4.88 Å². The maximum atomic E-state index is 6.02. The van der Waals surface area contributed by atoms with Crippen molar-refractivity contribution < 1.29 is 4.74 Å². The molecule has 0 amide bonds. The zero-order valence-electron chi connectivity index (χ0n) is 11.3. The van der Waals surface area contributed by atoms with Crippen LogP contribution in [0.4, 0.5) is 0 Å². The molecule has 0 saturated heterocycles. The van der Waals surface area contributed by atoms with Crippen LogP contribution in [-0.2, 0) is 12.4 Å². The number of imidazole rings is 1. The Morgan fingerprint density at radius 1 is 1.40 bits per heavy atom. The number of hydrogen-bond donors (Lipinski definition) is 0. The molecule has 0 unspecified atom stereocenters. The van der Waals surface area contributed by atoms with Crippen LogP contribution in [0.1, 0.15) is 15.7 Å². The lowest BCUT2D eigenvalue weighted by Crippen LogP contribution is -2.02. The van der Waals surface area contributed by atoms with Gasteiger partial charge in [0.05, 0.1) is 35.6 Å². The molecule has 0 atom stereocenters. The van der Waals surface area contributed by atoms with E-state index in [9.17, 15) is 0 Å². The van der Waals surface area contributed by atoms with E-state index in [1.54, 1.807) is 18.4 Å². The molecule has 0 aliphatic rings. The van der Waals surface area contributed by atoms with Crippen LogP contribution >= 0.6 is 22.9 Å². The van der Waals surface area contributed by atoms with Crippen LogP contribution in [0, 0.1) is 6.92 Å². The summed E-state index contributed by atoms with van der Waals surface area (Å²) in [6.07, 6.45) is 1.91. The van der Waals surface area contributed by atoms with Crippen LogP contribution in [0.15, 0.2) is 24.4 Å². The Bertz CT molecular complexity index is 750. The average Bonchev–Trinajstić information content (AvgIpc) is 3.02. The highest BCUT2D eigenvalue weighted by molar-refractivity contribution is 7.11. The van der Waals surface area contributed by atoms with Gasteiger partial charge < -0.3 is 9.30 Å². The Morgan fingerprint density at radius 2 is 2.25 bits per heavy atom. The number of alkyl halides is 1. The van der Waals surface area contributed by atoms with E-state index in [2.05, 4.69) is 14.5 Å². The minimum atomic E-state index is 0.384. The summed E-state index contributed by atoms with van der Waals surface area (Å²) in [7, 11) is 1.65. The number of aryl methyl sites for hydroxylation is 1. The van der Waals surface area contributed by atoms with E-state index >= 15 is 0 Å². The summed E-state index contributed by atoms with van der Waals surface area (Å²) in [5, 5.41) is 1.07. The Hall–Kier alpha value is -1.59. The molecule has 20 heavy (non-hydrogen) atoms. The van der Waals surface area contributed by atoms with Crippen LogP contribution in [-0.4, -0.2) is 21.6 Å². The van der Waals surface area contributed by atoms with E-state index in [1.807, 2.05) is 31.3 Å². The third-order valence-corrected chi connectivity index (χ3v) is 4.27. The van der Waals surface area contributed by atoms with E-state index in [-0.39, 0.29) is 0 Å². The molecule has 1 aromatic carbocycles. The molecule has 0 saturated carbocycles. The second-order valence-corrected chi connectivity index (χ2v) is 6.03. The first-order valence-corrected chi connectivity index (χ1v) is 7.57. The highest BCUT2D eigenvalue weighted by atomic mass is 35.5. The predicted molar refractivity (Wildman–Crippen MR) is 81.8 cm³/mol. The summed E-state index contributed by atoms with van der Waals surface area (Å²) in [6.45, 7) is 2.75. The third-order valence-electron chi connectivity index (χ3n) is 3.14. The van der Waals surface area contributed by atoms with Gasteiger partial charge in [-0.15, -0.1) is 22.9 Å². The fourth-order valence-corrected chi connectivity index (χ4v) is 3.19. The van der Waals surface area contributed by atoms with Crippen LogP contribution in [0.3, 0.4) is 0 Å². The first kappa shape index (κ1) is 13.4. The van der Waals surface area contributed by atoms with Crippen LogP contribution in [0.25, 0.3) is 11.0 Å². The Morgan fingerprint density at radius 3 is 2.90 bits per heavy atom. The van der Waals surface area contributed by atoms with Gasteiger partial charge in [0.15, 0.2) is 0 Å². The van der Waals surface area contributed by atoms with Gasteiger partial charge >= 0.3 is 0 Å². The largest absolute Gasteiger partial charge is 0.497 e. The monoisotopic (exact) mass is 307 g/mol. The number of rotatable bonds is 4. The lowest BCUT2D eigenvalue weighted by Gasteiger charge is -2.06. The van der Waals surface area contributed by atoms with Gasteiger partial charge in [0.2, 0.25) is 0 Å². The molecule has 0 fully saturated rings. The number of nitrogens with zero attached hydrogens (tertiary/aromatic N) is 3. The van der Waals surface area contributed by atoms with Gasteiger partial charge in [-0.3, -0.25) is 0 Å². The van der Waals surface area contributed by atoms with Gasteiger partial charge in [0.25, 0.3) is 0 Å². The van der Waals surface area contributed by atoms with Gasteiger partial charge in [-0.25, -0.2) is 9.97 Å². The van der Waals surface area contributed by atoms with Gasteiger partial charge in [-0.2, -0.15) is 0 Å². The summed E-state index contributed by atoms with van der Waals surface area (Å²) in [6, 6.07) is 5.89. The van der Waals surface area contributed by atoms with Crippen molar-refractivity contribution in [2.45, 2.75) is 19.3 Å². The fraction of sp³-hybridized carbons (Fsp3) is 0.286. The maximum Gasteiger partial charge on any atom is 0.125 e. The molecule has 0 aliphatic carbocycles. The molecule has 0 radical (unpaired) electrons. The standard InChI is InChI=1S/C14H14ClN3OS/c1-9-16-7-11(20-9)8-18-13-4-3-10(19-2)5-12(13)17-14(18)6-15/h3-5,7H,6,8H2,1-2H3. The number of ether oxygens (including phenoxy) is 1. The van der Waals surface area contributed by atoms with Gasteiger partial charge in [0.1, 0.15) is 11.6 Å². The summed E-state index contributed by atoms with van der Waals surface area (Å²) < 4.78 is 7.37. The molecule has 2 aromatic heterocycles. The lowest BCUT2D eigenvalue weighted by atomic mass is 10.3. The number of aromatic nitrogens is 3. The first-order valence-electron chi connectivity index (χ1n) is 6.21. The van der Waals surface area contributed by atoms with Crippen molar-refractivity contribution in [1.29, 1.82) is 0 Å². The number of thiazole rings is 1. The van der Waals surface area contributed by atoms with E-state index in [0.29, 0.717) is 5.88 Å². The van der Waals surface area contributed by atoms with Crippen LogP contribution < -0.4 is 4.74 Å². The smallest absolute Gasteiger partial charge is 0.125 e. The van der Waals surface area contributed by atoms with Gasteiger partial charge in [-0.05, 0) is 19.1 Å². The summed E-state index contributed by atoms with van der Waals surface area (Å²) in [4.78, 5) is 10.1. The van der Waals surface area contributed by atoms with Crippen molar-refractivity contribution in [3.63, 3.8) is 0 Å². The molecule has 0 bridgehead atoms. The molecule has 3 rings (SSSR count). The maximum absolute atomic E-state index is 6.02. The lowest BCUT2D eigenvalue weighted by molar-refractivity contribution is 0.415. The van der Waals surface area contributed by atoms with Crippen molar-refractivity contribution in [3.05, 3.63) is 40.1 Å². The summed E-state index contributed by atoms with van der Waals surface area (Å²) >= 11 is 7.72. The fourth-order valence-electron chi connectivity index (χ4n) is 2.20. The first-order chi connectivity index (χ1) is 9.71. The van der Waals surface area contributed by atoms with Crippen LogP contribution in [0.2, 0.25) is 0 Å². The molecule has 0 aliphatic heterocycles.